The Morgan fingerprint density at radius 2 is 2.33 bits per heavy atom. The van der Waals surface area contributed by atoms with E-state index in [1.807, 2.05) is 0 Å². The number of esters is 1. The van der Waals surface area contributed by atoms with E-state index in [0.717, 1.165) is 24.8 Å². The second-order valence-corrected chi connectivity index (χ2v) is 3.80. The van der Waals surface area contributed by atoms with Gasteiger partial charge in [0.25, 0.3) is 0 Å². The van der Waals surface area contributed by atoms with Gasteiger partial charge in [0, 0.05) is 7.05 Å². The monoisotopic (exact) mass is 208 g/mol. The van der Waals surface area contributed by atoms with Crippen molar-refractivity contribution in [1.82, 2.24) is 9.78 Å². The van der Waals surface area contributed by atoms with Gasteiger partial charge in [-0.3, -0.25) is 4.68 Å². The maximum Gasteiger partial charge on any atom is 0.358 e. The van der Waals surface area contributed by atoms with E-state index < -0.39 is 11.4 Å². The minimum absolute atomic E-state index is 0.253. The number of carbonyl (C=O) groups excluding carboxylic acids is 2. The second-order valence-electron chi connectivity index (χ2n) is 3.80. The van der Waals surface area contributed by atoms with Gasteiger partial charge in [-0.1, -0.05) is 0 Å². The molecule has 0 amide bonds. The first kappa shape index (κ1) is 9.89. The number of aldehydes is 1. The summed E-state index contributed by atoms with van der Waals surface area (Å²) in [6.07, 6.45) is 2.60. The fourth-order valence-electron chi connectivity index (χ4n) is 1.71. The van der Waals surface area contributed by atoms with Gasteiger partial charge in [0.2, 0.25) is 0 Å². The van der Waals surface area contributed by atoms with Crippen LogP contribution in [0.15, 0.2) is 6.07 Å². The number of hydrogen-bond donors (Lipinski definition) is 0. The zero-order valence-corrected chi connectivity index (χ0v) is 8.69. The van der Waals surface area contributed by atoms with Crippen LogP contribution in [-0.4, -0.2) is 29.1 Å². The van der Waals surface area contributed by atoms with Crippen molar-refractivity contribution in [2.24, 2.45) is 7.05 Å². The molecule has 0 unspecified atom stereocenters. The van der Waals surface area contributed by atoms with Crippen LogP contribution in [0.3, 0.4) is 0 Å². The van der Waals surface area contributed by atoms with Crippen molar-refractivity contribution in [3.63, 3.8) is 0 Å². The minimum atomic E-state index is -0.474. The molecule has 1 fully saturated rings. The van der Waals surface area contributed by atoms with Crippen molar-refractivity contribution in [1.29, 1.82) is 0 Å². The molecule has 0 aliphatic heterocycles. The molecule has 1 aliphatic rings. The fraction of sp³-hybridized carbons (Fsp3) is 0.500. The third kappa shape index (κ3) is 1.44. The molecular formula is C10H12N2O3. The number of rotatable bonds is 3. The standard InChI is InChI=1S/C10H12N2O3/c1-12-8(10(6-13)3-4-10)5-7(11-12)9(14)15-2/h5-6H,3-4H2,1-2H3. The maximum absolute atomic E-state index is 11.2. The number of methoxy groups -OCH3 is 1. The first-order chi connectivity index (χ1) is 7.13. The number of nitrogens with zero attached hydrogens (tertiary/aromatic N) is 2. The Morgan fingerprint density at radius 3 is 2.80 bits per heavy atom. The van der Waals surface area contributed by atoms with Crippen LogP contribution in [0.4, 0.5) is 0 Å². The van der Waals surface area contributed by atoms with Crippen molar-refractivity contribution < 1.29 is 14.3 Å². The van der Waals surface area contributed by atoms with E-state index in [4.69, 9.17) is 0 Å². The Kier molecular flexibility index (Phi) is 2.10. The van der Waals surface area contributed by atoms with Crippen LogP contribution in [0.25, 0.3) is 0 Å². The molecule has 1 heterocycles. The van der Waals surface area contributed by atoms with Crippen molar-refractivity contribution in [2.75, 3.05) is 7.11 Å². The molecule has 15 heavy (non-hydrogen) atoms. The van der Waals surface area contributed by atoms with Gasteiger partial charge in [-0.25, -0.2) is 4.79 Å². The summed E-state index contributed by atoms with van der Waals surface area (Å²) in [5.74, 6) is -0.474. The highest BCUT2D eigenvalue weighted by Gasteiger charge is 2.47. The van der Waals surface area contributed by atoms with E-state index in [1.165, 1.54) is 7.11 Å². The van der Waals surface area contributed by atoms with Crippen LogP contribution in [0.2, 0.25) is 0 Å². The van der Waals surface area contributed by atoms with Gasteiger partial charge < -0.3 is 9.53 Å². The molecular weight excluding hydrogens is 196 g/mol. The van der Waals surface area contributed by atoms with Gasteiger partial charge in [0.1, 0.15) is 6.29 Å². The smallest absolute Gasteiger partial charge is 0.358 e. The predicted octanol–water partition coefficient (Wildman–Crippen LogP) is 0.437. The number of ether oxygens (including phenoxy) is 1. The van der Waals surface area contributed by atoms with Crippen LogP contribution >= 0.6 is 0 Å². The Bertz CT molecular complexity index is 418. The number of aryl methyl sites for hydroxylation is 1. The van der Waals surface area contributed by atoms with Crippen LogP contribution < -0.4 is 0 Å². The predicted molar refractivity (Wildman–Crippen MR) is 51.5 cm³/mol. The number of hydrogen-bond acceptors (Lipinski definition) is 4. The summed E-state index contributed by atoms with van der Waals surface area (Å²) < 4.78 is 6.15. The minimum Gasteiger partial charge on any atom is -0.464 e. The Hall–Kier alpha value is -1.65. The molecule has 2 rings (SSSR count). The van der Waals surface area contributed by atoms with Crippen LogP contribution in [-0.2, 0) is 22.0 Å². The molecule has 5 nitrogen and oxygen atoms in total. The van der Waals surface area contributed by atoms with Gasteiger partial charge in [0.15, 0.2) is 5.69 Å². The molecule has 1 aromatic rings. The van der Waals surface area contributed by atoms with E-state index in [2.05, 4.69) is 9.84 Å². The molecule has 0 spiro atoms. The third-order valence-corrected chi connectivity index (χ3v) is 2.80. The normalized spacial score (nSPS) is 17.2. The number of carbonyl (C=O) groups is 2. The van der Waals surface area contributed by atoms with Crippen LogP contribution in [0.1, 0.15) is 29.0 Å². The van der Waals surface area contributed by atoms with E-state index in [0.29, 0.717) is 0 Å². The Morgan fingerprint density at radius 1 is 1.67 bits per heavy atom. The number of aromatic nitrogens is 2. The first-order valence-electron chi connectivity index (χ1n) is 4.72. The Balaban J connectivity index is 2.38. The summed E-state index contributed by atoms with van der Waals surface area (Å²) in [7, 11) is 3.04. The highest BCUT2D eigenvalue weighted by Crippen LogP contribution is 2.46. The van der Waals surface area contributed by atoms with Crippen molar-refractivity contribution in [3.05, 3.63) is 17.5 Å². The molecule has 0 atom stereocenters. The molecule has 80 valence electrons. The zero-order valence-electron chi connectivity index (χ0n) is 8.69. The van der Waals surface area contributed by atoms with E-state index >= 15 is 0 Å². The van der Waals surface area contributed by atoms with Gasteiger partial charge in [-0.05, 0) is 18.9 Å². The van der Waals surface area contributed by atoms with Gasteiger partial charge in [0.05, 0.1) is 18.2 Å². The molecule has 1 saturated carbocycles. The fourth-order valence-corrected chi connectivity index (χ4v) is 1.71. The first-order valence-corrected chi connectivity index (χ1v) is 4.72. The largest absolute Gasteiger partial charge is 0.464 e. The van der Waals surface area contributed by atoms with Crippen molar-refractivity contribution in [2.45, 2.75) is 18.3 Å². The SMILES string of the molecule is COC(=O)c1cc(C2(C=O)CC2)n(C)n1. The highest BCUT2D eigenvalue weighted by molar-refractivity contribution is 5.87. The van der Waals surface area contributed by atoms with Crippen molar-refractivity contribution >= 4 is 12.3 Å². The molecule has 0 radical (unpaired) electrons. The van der Waals surface area contributed by atoms with E-state index in [1.54, 1.807) is 17.8 Å². The van der Waals surface area contributed by atoms with Gasteiger partial charge in [-0.2, -0.15) is 5.10 Å². The molecule has 5 heteroatoms. The quantitative estimate of drug-likeness (QED) is 0.534. The zero-order chi connectivity index (χ0) is 11.1. The maximum atomic E-state index is 11.2. The lowest BCUT2D eigenvalue weighted by molar-refractivity contribution is -0.110. The van der Waals surface area contributed by atoms with Gasteiger partial charge in [-0.15, -0.1) is 0 Å². The molecule has 0 N–H and O–H groups in total. The van der Waals surface area contributed by atoms with Crippen LogP contribution in [0.5, 0.6) is 0 Å². The highest BCUT2D eigenvalue weighted by atomic mass is 16.5. The molecule has 1 aliphatic carbocycles. The molecule has 0 saturated heterocycles. The van der Waals surface area contributed by atoms with Crippen molar-refractivity contribution in [3.8, 4) is 0 Å². The lowest BCUT2D eigenvalue weighted by atomic mass is 10.0. The lowest BCUT2D eigenvalue weighted by Crippen LogP contribution is -2.13. The molecule has 0 bridgehead atoms. The molecule has 0 aromatic carbocycles. The van der Waals surface area contributed by atoms with Gasteiger partial charge >= 0.3 is 5.97 Å². The molecule has 1 aromatic heterocycles. The van der Waals surface area contributed by atoms with E-state index in [-0.39, 0.29) is 5.69 Å². The Labute approximate surface area is 87.0 Å². The summed E-state index contributed by atoms with van der Waals surface area (Å²) in [4.78, 5) is 22.2. The average Bonchev–Trinajstić information content (AvgIpc) is 2.95. The lowest BCUT2D eigenvalue weighted by Gasteiger charge is -2.05. The van der Waals surface area contributed by atoms with E-state index in [9.17, 15) is 9.59 Å². The summed E-state index contributed by atoms with van der Waals surface area (Å²) in [5.41, 5.74) is 0.634. The third-order valence-electron chi connectivity index (χ3n) is 2.80. The average molecular weight is 208 g/mol. The second kappa shape index (κ2) is 3.18. The topological polar surface area (TPSA) is 61.2 Å². The van der Waals surface area contributed by atoms with Crippen LogP contribution in [0, 0.1) is 0 Å². The summed E-state index contributed by atoms with van der Waals surface area (Å²) in [5, 5.41) is 4.02. The summed E-state index contributed by atoms with van der Waals surface area (Å²) in [6, 6.07) is 1.63. The summed E-state index contributed by atoms with van der Waals surface area (Å²) >= 11 is 0. The summed E-state index contributed by atoms with van der Waals surface area (Å²) in [6.45, 7) is 0.